The fourth-order valence-corrected chi connectivity index (χ4v) is 4.39. The van der Waals surface area contributed by atoms with Crippen LogP contribution in [0.15, 0.2) is 79.0 Å². The van der Waals surface area contributed by atoms with Crippen molar-refractivity contribution < 1.29 is 14.7 Å². The minimum atomic E-state index is -0.903. The van der Waals surface area contributed by atoms with Gasteiger partial charge in [0.2, 0.25) is 0 Å². The lowest BCUT2D eigenvalue weighted by Crippen LogP contribution is -2.41. The smallest absolute Gasteiger partial charge is 0.277 e. The van der Waals surface area contributed by atoms with Crippen LogP contribution in [0.25, 0.3) is 11.1 Å². The molecule has 2 amide bonds. The second kappa shape index (κ2) is 9.37. The van der Waals surface area contributed by atoms with Gasteiger partial charge in [-0.1, -0.05) is 42.5 Å². The van der Waals surface area contributed by atoms with Gasteiger partial charge in [-0.3, -0.25) is 14.3 Å². The number of hydrogen-bond acceptors (Lipinski definition) is 5. The van der Waals surface area contributed by atoms with Gasteiger partial charge in [0.15, 0.2) is 0 Å². The van der Waals surface area contributed by atoms with Gasteiger partial charge in [-0.25, -0.2) is 0 Å². The molecule has 8 nitrogen and oxygen atoms in total. The Morgan fingerprint density at radius 3 is 2.35 bits per heavy atom. The van der Waals surface area contributed by atoms with Crippen molar-refractivity contribution in [1.29, 1.82) is 5.26 Å². The Hall–Kier alpha value is -4.74. The van der Waals surface area contributed by atoms with Gasteiger partial charge in [-0.2, -0.15) is 10.4 Å². The maximum atomic E-state index is 13.5. The minimum absolute atomic E-state index is 0.181. The predicted octanol–water partition coefficient (Wildman–Crippen LogP) is 4.56. The normalized spacial score (nSPS) is 13.1. The standard InChI is InChI=1S/C29H25N5O3/c1-29(2,37)22-10-6-20(7-11-22)21-8-12-24(13-9-21)33-14-15-34-26(28(33)36)25(18-31-34)27(35)32-23-5-3-4-19(16-23)17-30/h3-13,16,18,37H,14-15H2,1-2H3,(H,32,35). The zero-order valence-electron chi connectivity index (χ0n) is 20.5. The van der Waals surface area contributed by atoms with Crippen LogP contribution in [0.4, 0.5) is 11.4 Å². The molecular formula is C29H25N5O3. The Morgan fingerprint density at radius 1 is 1.03 bits per heavy atom. The van der Waals surface area contributed by atoms with Crippen LogP contribution < -0.4 is 10.2 Å². The molecule has 1 aliphatic rings. The summed E-state index contributed by atoms with van der Waals surface area (Å²) in [6.45, 7) is 4.39. The van der Waals surface area contributed by atoms with Crippen LogP contribution in [0.1, 0.15) is 45.8 Å². The number of anilines is 2. The van der Waals surface area contributed by atoms with Crippen molar-refractivity contribution in [2.45, 2.75) is 26.0 Å². The topological polar surface area (TPSA) is 111 Å². The highest BCUT2D eigenvalue weighted by Crippen LogP contribution is 2.29. The number of benzene rings is 3. The quantitative estimate of drug-likeness (QED) is 0.425. The van der Waals surface area contributed by atoms with Crippen LogP contribution in [0.2, 0.25) is 0 Å². The first-order valence-corrected chi connectivity index (χ1v) is 11.9. The first-order chi connectivity index (χ1) is 17.7. The fourth-order valence-electron chi connectivity index (χ4n) is 4.39. The van der Waals surface area contributed by atoms with Gasteiger partial charge >= 0.3 is 0 Å². The van der Waals surface area contributed by atoms with Gasteiger partial charge in [-0.05, 0) is 60.9 Å². The number of nitriles is 1. The van der Waals surface area contributed by atoms with Crippen LogP contribution in [0, 0.1) is 11.3 Å². The summed E-state index contributed by atoms with van der Waals surface area (Å²) >= 11 is 0. The van der Waals surface area contributed by atoms with Gasteiger partial charge in [0.1, 0.15) is 5.69 Å². The van der Waals surface area contributed by atoms with Crippen LogP contribution in [-0.4, -0.2) is 33.2 Å². The summed E-state index contributed by atoms with van der Waals surface area (Å²) in [4.78, 5) is 28.1. The molecule has 0 saturated heterocycles. The van der Waals surface area contributed by atoms with Crippen LogP contribution in [0.5, 0.6) is 0 Å². The lowest BCUT2D eigenvalue weighted by molar-refractivity contribution is 0.0786. The molecule has 5 rings (SSSR count). The highest BCUT2D eigenvalue weighted by molar-refractivity contribution is 6.15. The fraction of sp³-hybridized carbons (Fsp3) is 0.172. The average Bonchev–Trinajstić information content (AvgIpc) is 3.34. The summed E-state index contributed by atoms with van der Waals surface area (Å²) in [5.74, 6) is -0.765. The first-order valence-electron chi connectivity index (χ1n) is 11.9. The molecule has 184 valence electrons. The molecule has 0 spiro atoms. The Bertz CT molecular complexity index is 1520. The summed E-state index contributed by atoms with van der Waals surface area (Å²) < 4.78 is 1.55. The SMILES string of the molecule is CC(C)(O)c1ccc(-c2ccc(N3CCn4ncc(C(=O)Nc5cccc(C#N)c5)c4C3=O)cc2)cc1. The summed E-state index contributed by atoms with van der Waals surface area (Å²) in [5, 5.41) is 26.3. The average molecular weight is 492 g/mol. The van der Waals surface area contributed by atoms with E-state index in [0.29, 0.717) is 24.3 Å². The maximum Gasteiger partial charge on any atom is 0.277 e. The monoisotopic (exact) mass is 491 g/mol. The molecule has 1 aromatic heterocycles. The van der Waals surface area contributed by atoms with E-state index in [4.69, 9.17) is 5.26 Å². The van der Waals surface area contributed by atoms with E-state index in [0.717, 1.165) is 22.4 Å². The van der Waals surface area contributed by atoms with Crippen LogP contribution >= 0.6 is 0 Å². The number of nitrogens with one attached hydrogen (secondary N) is 1. The summed E-state index contributed by atoms with van der Waals surface area (Å²) in [6, 6.07) is 24.0. The Kier molecular flexibility index (Phi) is 6.07. The Labute approximate surface area is 214 Å². The molecule has 0 saturated carbocycles. The highest BCUT2D eigenvalue weighted by atomic mass is 16.3. The second-order valence-corrected chi connectivity index (χ2v) is 9.42. The van der Waals surface area contributed by atoms with E-state index in [1.54, 1.807) is 47.7 Å². The number of carbonyl (C=O) groups excluding carboxylic acids is 2. The number of carbonyl (C=O) groups is 2. The lowest BCUT2D eigenvalue weighted by atomic mass is 9.95. The van der Waals surface area contributed by atoms with Crippen molar-refractivity contribution in [2.75, 3.05) is 16.8 Å². The van der Waals surface area contributed by atoms with E-state index in [2.05, 4.69) is 10.4 Å². The number of rotatable bonds is 5. The Morgan fingerprint density at radius 2 is 1.70 bits per heavy atom. The minimum Gasteiger partial charge on any atom is -0.386 e. The van der Waals surface area contributed by atoms with E-state index >= 15 is 0 Å². The molecule has 0 unspecified atom stereocenters. The van der Waals surface area contributed by atoms with E-state index in [1.165, 1.54) is 6.20 Å². The molecule has 0 radical (unpaired) electrons. The number of aliphatic hydroxyl groups is 1. The molecule has 1 aliphatic heterocycles. The van der Waals surface area contributed by atoms with Crippen molar-refractivity contribution in [2.24, 2.45) is 0 Å². The molecule has 0 bridgehead atoms. The van der Waals surface area contributed by atoms with E-state index < -0.39 is 11.5 Å². The Balaban J connectivity index is 1.36. The predicted molar refractivity (Wildman–Crippen MR) is 140 cm³/mol. The molecule has 0 aliphatic carbocycles. The highest BCUT2D eigenvalue weighted by Gasteiger charge is 2.32. The van der Waals surface area contributed by atoms with Crippen molar-refractivity contribution in [1.82, 2.24) is 9.78 Å². The number of nitrogens with zero attached hydrogens (tertiary/aromatic N) is 4. The summed E-state index contributed by atoms with van der Waals surface area (Å²) in [7, 11) is 0. The first kappa shape index (κ1) is 24.0. The van der Waals surface area contributed by atoms with Gasteiger partial charge < -0.3 is 15.3 Å². The lowest BCUT2D eigenvalue weighted by Gasteiger charge is -2.28. The summed E-state index contributed by atoms with van der Waals surface area (Å²) in [5.41, 5.74) is 3.95. The molecule has 37 heavy (non-hydrogen) atoms. The molecule has 8 heteroatoms. The third-order valence-electron chi connectivity index (χ3n) is 6.42. The molecule has 0 fully saturated rings. The largest absolute Gasteiger partial charge is 0.386 e. The zero-order valence-corrected chi connectivity index (χ0v) is 20.5. The van der Waals surface area contributed by atoms with Gasteiger partial charge in [0.05, 0.1) is 35.5 Å². The number of fused-ring (bicyclic) bond motifs is 1. The zero-order chi connectivity index (χ0) is 26.2. The van der Waals surface area contributed by atoms with Crippen molar-refractivity contribution in [3.8, 4) is 17.2 Å². The maximum absolute atomic E-state index is 13.5. The third kappa shape index (κ3) is 4.73. The molecule has 3 aromatic carbocycles. The van der Waals surface area contributed by atoms with Gasteiger partial charge in [0.25, 0.3) is 11.8 Å². The number of hydrogen-bond donors (Lipinski definition) is 2. The van der Waals surface area contributed by atoms with E-state index in [9.17, 15) is 14.7 Å². The van der Waals surface area contributed by atoms with Crippen molar-refractivity contribution >= 4 is 23.2 Å². The van der Waals surface area contributed by atoms with Crippen LogP contribution in [0.3, 0.4) is 0 Å². The molecule has 2 N–H and O–H groups in total. The molecular weight excluding hydrogens is 466 g/mol. The second-order valence-electron chi connectivity index (χ2n) is 9.42. The molecule has 0 atom stereocenters. The van der Waals surface area contributed by atoms with Crippen LogP contribution in [-0.2, 0) is 12.1 Å². The van der Waals surface area contributed by atoms with E-state index in [1.807, 2.05) is 54.6 Å². The number of amides is 2. The van der Waals surface area contributed by atoms with E-state index in [-0.39, 0.29) is 17.2 Å². The number of aromatic nitrogens is 2. The molecule has 4 aromatic rings. The van der Waals surface area contributed by atoms with Gasteiger partial charge in [0, 0.05) is 17.9 Å². The molecule has 2 heterocycles. The third-order valence-corrected chi connectivity index (χ3v) is 6.42. The van der Waals surface area contributed by atoms with Crippen molar-refractivity contribution in [3.63, 3.8) is 0 Å². The van der Waals surface area contributed by atoms with Crippen molar-refractivity contribution in [3.05, 3.63) is 101 Å². The van der Waals surface area contributed by atoms with Gasteiger partial charge in [-0.15, -0.1) is 0 Å². The summed E-state index contributed by atoms with van der Waals surface area (Å²) in [6.07, 6.45) is 1.40.